The minimum Gasteiger partial charge on any atom is -0.491 e. The third-order valence-electron chi connectivity index (χ3n) is 5.05. The Kier molecular flexibility index (Phi) is 6.67. The quantitative estimate of drug-likeness (QED) is 0.545. The van der Waals surface area contributed by atoms with Crippen LogP contribution < -0.4 is 4.74 Å². The van der Waals surface area contributed by atoms with E-state index >= 15 is 0 Å². The Labute approximate surface area is 183 Å². The number of nitriles is 1. The van der Waals surface area contributed by atoms with Crippen molar-refractivity contribution < 1.29 is 22.7 Å². The number of fused-ring (bicyclic) bond motifs is 1. The molecule has 0 radical (unpaired) electrons. The molecule has 1 amide bonds. The normalized spacial score (nSPS) is 11.4. The number of amides is 1. The monoisotopic (exact) mass is 445 g/mol. The van der Waals surface area contributed by atoms with Crippen molar-refractivity contribution >= 4 is 16.9 Å². The van der Waals surface area contributed by atoms with E-state index in [2.05, 4.69) is 9.97 Å². The first kappa shape index (κ1) is 23.1. The summed E-state index contributed by atoms with van der Waals surface area (Å²) in [4.78, 5) is 21.7. The number of hydrogen-bond donors (Lipinski definition) is 0. The van der Waals surface area contributed by atoms with Crippen molar-refractivity contribution in [1.29, 1.82) is 5.26 Å². The summed E-state index contributed by atoms with van der Waals surface area (Å²) in [5.74, 6) is -0.421. The van der Waals surface area contributed by atoms with Gasteiger partial charge in [-0.05, 0) is 31.2 Å². The van der Waals surface area contributed by atoms with Gasteiger partial charge in [-0.3, -0.25) is 4.79 Å². The zero-order valence-corrected chi connectivity index (χ0v) is 17.9. The van der Waals surface area contributed by atoms with Crippen molar-refractivity contribution in [2.24, 2.45) is 7.05 Å². The highest BCUT2D eigenvalue weighted by Crippen LogP contribution is 2.39. The van der Waals surface area contributed by atoms with Crippen molar-refractivity contribution in [1.82, 2.24) is 19.4 Å². The number of alkyl halides is 3. The third-order valence-corrected chi connectivity index (χ3v) is 5.05. The molecule has 0 unspecified atom stereocenters. The number of imidazole rings is 1. The number of rotatable bonds is 7. The fourth-order valence-electron chi connectivity index (χ4n) is 3.34. The summed E-state index contributed by atoms with van der Waals surface area (Å²) < 4.78 is 48.4. The predicted molar refractivity (Wildman–Crippen MR) is 112 cm³/mol. The maximum Gasteiger partial charge on any atom is 0.419 e. The molecule has 2 heterocycles. The Hall–Kier alpha value is -3.61. The van der Waals surface area contributed by atoms with Gasteiger partial charge in [0.25, 0.3) is 0 Å². The number of pyridine rings is 1. The smallest absolute Gasteiger partial charge is 0.419 e. The van der Waals surface area contributed by atoms with Gasteiger partial charge in [0, 0.05) is 25.6 Å². The molecule has 0 N–H and O–H groups in total. The fourth-order valence-corrected chi connectivity index (χ4v) is 3.34. The summed E-state index contributed by atoms with van der Waals surface area (Å²) in [6.45, 7) is 4.09. The third kappa shape index (κ3) is 4.66. The molecule has 1 aromatic carbocycles. The summed E-state index contributed by atoms with van der Waals surface area (Å²) in [5.41, 5.74) is 0.469. The maximum atomic E-state index is 13.8. The number of aromatic nitrogens is 3. The molecule has 0 spiro atoms. The van der Waals surface area contributed by atoms with Gasteiger partial charge in [-0.15, -0.1) is 0 Å². The molecule has 7 nitrogen and oxygen atoms in total. The largest absolute Gasteiger partial charge is 0.491 e. The van der Waals surface area contributed by atoms with Crippen molar-refractivity contribution in [3.63, 3.8) is 0 Å². The van der Waals surface area contributed by atoms with Crippen LogP contribution >= 0.6 is 0 Å². The molecule has 0 aliphatic carbocycles. The molecule has 3 rings (SSSR count). The van der Waals surface area contributed by atoms with E-state index in [0.29, 0.717) is 24.0 Å². The number of aryl methyl sites for hydroxylation is 1. The number of carbonyl (C=O) groups is 1. The van der Waals surface area contributed by atoms with E-state index in [1.807, 2.05) is 6.07 Å². The van der Waals surface area contributed by atoms with Crippen LogP contribution in [0.15, 0.2) is 30.6 Å². The minimum atomic E-state index is -4.66. The molecule has 32 heavy (non-hydrogen) atoms. The molecule has 168 valence electrons. The van der Waals surface area contributed by atoms with E-state index in [0.717, 1.165) is 6.07 Å². The molecule has 10 heteroatoms. The number of carbonyl (C=O) groups excluding carboxylic acids is 1. The molecule has 0 atom stereocenters. The van der Waals surface area contributed by atoms with Crippen LogP contribution in [0.3, 0.4) is 0 Å². The number of ether oxygens (including phenoxy) is 1. The molecule has 0 bridgehead atoms. The van der Waals surface area contributed by atoms with Gasteiger partial charge in [0.15, 0.2) is 5.69 Å². The lowest BCUT2D eigenvalue weighted by atomic mass is 10.1. The number of likely N-dealkylation sites (N-methyl/N-ethyl adjacent to an activating group) is 1. The lowest BCUT2D eigenvalue weighted by Crippen LogP contribution is -2.34. The van der Waals surface area contributed by atoms with E-state index in [1.165, 1.54) is 23.4 Å². The molecule has 0 saturated heterocycles. The van der Waals surface area contributed by atoms with Crippen LogP contribution in [0, 0.1) is 11.3 Å². The van der Waals surface area contributed by atoms with E-state index < -0.39 is 11.7 Å². The van der Waals surface area contributed by atoms with Crippen LogP contribution in [0.25, 0.3) is 22.3 Å². The summed E-state index contributed by atoms with van der Waals surface area (Å²) in [7, 11) is 1.72. The van der Waals surface area contributed by atoms with E-state index in [1.54, 1.807) is 31.5 Å². The number of halogens is 3. The standard InChI is InChI=1S/C22H22F3N5O2/c1-4-20(31)30(5-2)8-9-32-19-7-6-14(10-15(19)22(23,24)25)16-11-18-21(17(12-26)28-16)27-13-29(18)3/h6-7,10-11,13H,4-5,8-9H2,1-3H3. The van der Waals surface area contributed by atoms with Gasteiger partial charge in [-0.2, -0.15) is 18.4 Å². The minimum absolute atomic E-state index is 0.0345. The van der Waals surface area contributed by atoms with Gasteiger partial charge in [0.2, 0.25) is 5.91 Å². The summed E-state index contributed by atoms with van der Waals surface area (Å²) >= 11 is 0. The first-order valence-corrected chi connectivity index (χ1v) is 10.0. The van der Waals surface area contributed by atoms with Crippen LogP contribution in [0.4, 0.5) is 13.2 Å². The second-order valence-electron chi connectivity index (χ2n) is 7.08. The van der Waals surface area contributed by atoms with Crippen LogP contribution in [-0.4, -0.2) is 45.0 Å². The Morgan fingerprint density at radius 1 is 1.28 bits per heavy atom. The first-order valence-electron chi connectivity index (χ1n) is 10.0. The highest BCUT2D eigenvalue weighted by atomic mass is 19.4. The number of benzene rings is 1. The Bertz CT molecular complexity index is 1180. The van der Waals surface area contributed by atoms with Crippen molar-refractivity contribution in [2.45, 2.75) is 26.4 Å². The Morgan fingerprint density at radius 3 is 2.66 bits per heavy atom. The van der Waals surface area contributed by atoms with E-state index in [-0.39, 0.29) is 41.8 Å². The zero-order valence-electron chi connectivity index (χ0n) is 17.9. The topological polar surface area (TPSA) is 84.0 Å². The Balaban J connectivity index is 1.94. The second kappa shape index (κ2) is 9.26. The van der Waals surface area contributed by atoms with Crippen LogP contribution in [-0.2, 0) is 18.0 Å². The lowest BCUT2D eigenvalue weighted by molar-refractivity contribution is -0.139. The summed E-state index contributed by atoms with van der Waals surface area (Å²) in [6.07, 6.45) is -2.84. The zero-order chi connectivity index (χ0) is 23.5. The van der Waals surface area contributed by atoms with Gasteiger partial charge in [0.1, 0.15) is 23.9 Å². The molecular formula is C22H22F3N5O2. The van der Waals surface area contributed by atoms with Crippen LogP contribution in [0.5, 0.6) is 5.75 Å². The van der Waals surface area contributed by atoms with E-state index in [9.17, 15) is 23.2 Å². The van der Waals surface area contributed by atoms with Gasteiger partial charge < -0.3 is 14.2 Å². The fraction of sp³-hybridized carbons (Fsp3) is 0.364. The second-order valence-corrected chi connectivity index (χ2v) is 7.08. The summed E-state index contributed by atoms with van der Waals surface area (Å²) in [5, 5.41) is 9.37. The highest BCUT2D eigenvalue weighted by Gasteiger charge is 2.35. The van der Waals surface area contributed by atoms with Gasteiger partial charge in [-0.1, -0.05) is 6.92 Å². The molecule has 0 saturated carbocycles. The summed E-state index contributed by atoms with van der Waals surface area (Å²) in [6, 6.07) is 7.18. The van der Waals surface area contributed by atoms with Crippen molar-refractivity contribution in [3.8, 4) is 23.1 Å². The highest BCUT2D eigenvalue weighted by molar-refractivity contribution is 5.84. The number of hydrogen-bond acceptors (Lipinski definition) is 5. The van der Waals surface area contributed by atoms with Crippen LogP contribution in [0.2, 0.25) is 0 Å². The van der Waals surface area contributed by atoms with Crippen LogP contribution in [0.1, 0.15) is 31.5 Å². The molecule has 0 aliphatic rings. The van der Waals surface area contributed by atoms with Crippen molar-refractivity contribution in [2.75, 3.05) is 19.7 Å². The Morgan fingerprint density at radius 2 is 2.03 bits per heavy atom. The predicted octanol–water partition coefficient (Wildman–Crippen LogP) is 4.16. The van der Waals surface area contributed by atoms with E-state index in [4.69, 9.17) is 4.74 Å². The SMILES string of the molecule is CCC(=O)N(CC)CCOc1ccc(-c2cc3c(ncn3C)c(C#N)n2)cc1C(F)(F)F. The van der Waals surface area contributed by atoms with Crippen molar-refractivity contribution in [3.05, 3.63) is 41.9 Å². The number of nitrogens with zero attached hydrogens (tertiary/aromatic N) is 5. The lowest BCUT2D eigenvalue weighted by Gasteiger charge is -2.21. The van der Waals surface area contributed by atoms with Gasteiger partial charge in [0.05, 0.1) is 29.6 Å². The molecular weight excluding hydrogens is 423 g/mol. The average molecular weight is 445 g/mol. The van der Waals surface area contributed by atoms with Gasteiger partial charge in [-0.25, -0.2) is 9.97 Å². The molecule has 3 aromatic rings. The average Bonchev–Trinajstić information content (AvgIpc) is 3.15. The molecule has 0 aliphatic heterocycles. The molecule has 2 aromatic heterocycles. The molecule has 0 fully saturated rings. The van der Waals surface area contributed by atoms with Gasteiger partial charge >= 0.3 is 6.18 Å². The maximum absolute atomic E-state index is 13.8. The first-order chi connectivity index (χ1) is 15.2.